The van der Waals surface area contributed by atoms with E-state index >= 15 is 0 Å². The molecule has 0 spiro atoms. The Bertz CT molecular complexity index is 1010. The predicted molar refractivity (Wildman–Crippen MR) is 139 cm³/mol. The van der Waals surface area contributed by atoms with Gasteiger partial charge in [-0.3, -0.25) is 4.99 Å². The molecule has 0 atom stereocenters. The van der Waals surface area contributed by atoms with Gasteiger partial charge >= 0.3 is 0 Å². The zero-order chi connectivity index (χ0) is 23.7. The van der Waals surface area contributed by atoms with E-state index < -0.39 is 0 Å². The van der Waals surface area contributed by atoms with Gasteiger partial charge in [-0.05, 0) is 107 Å². The second-order valence-corrected chi connectivity index (χ2v) is 9.17. The third kappa shape index (κ3) is 8.39. The van der Waals surface area contributed by atoms with Crippen molar-refractivity contribution < 1.29 is 9.47 Å². The number of rotatable bonds is 8. The van der Waals surface area contributed by atoms with Crippen LogP contribution in [-0.2, 0) is 0 Å². The SMILES string of the molecule is C\C=C(/C(C)=C\C=N\C=C\c1ccc(OC(C)(C)C)cc1)c1ccc(OC(C)C)c(Cl)c1. The van der Waals surface area contributed by atoms with Gasteiger partial charge in [0.2, 0.25) is 0 Å². The molecule has 0 radical (unpaired) electrons. The molecule has 170 valence electrons. The zero-order valence-electron chi connectivity index (χ0n) is 20.1. The molecular formula is C28H34ClNO2. The number of aliphatic imine (C=N–C) groups is 1. The van der Waals surface area contributed by atoms with Gasteiger partial charge in [0.25, 0.3) is 0 Å². The number of ether oxygens (including phenoxy) is 2. The number of hydrogen-bond donors (Lipinski definition) is 0. The standard InChI is InChI=1S/C28H34ClNO2/c1-8-25(23-11-14-27(26(29)19-23)31-20(2)3)21(4)15-17-30-18-16-22-9-12-24(13-10-22)32-28(5,6)7/h8-20H,1-7H3/b18-16+,21-15-,25-8+,30-17+. The lowest BCUT2D eigenvalue weighted by atomic mass is 9.98. The Morgan fingerprint density at radius 1 is 1.06 bits per heavy atom. The molecule has 0 saturated heterocycles. The fourth-order valence-electron chi connectivity index (χ4n) is 3.06. The van der Waals surface area contributed by atoms with Crippen LogP contribution in [0.5, 0.6) is 11.5 Å². The highest BCUT2D eigenvalue weighted by molar-refractivity contribution is 6.32. The van der Waals surface area contributed by atoms with E-state index in [2.05, 4.69) is 18.0 Å². The molecule has 0 saturated carbocycles. The monoisotopic (exact) mass is 451 g/mol. The van der Waals surface area contributed by atoms with Gasteiger partial charge in [0, 0.05) is 12.4 Å². The van der Waals surface area contributed by atoms with E-state index in [9.17, 15) is 0 Å². The highest BCUT2D eigenvalue weighted by Gasteiger charge is 2.11. The summed E-state index contributed by atoms with van der Waals surface area (Å²) in [5.74, 6) is 1.56. The van der Waals surface area contributed by atoms with Crippen molar-refractivity contribution in [2.75, 3.05) is 0 Å². The minimum absolute atomic E-state index is 0.0835. The van der Waals surface area contributed by atoms with E-state index in [1.807, 2.05) is 96.2 Å². The van der Waals surface area contributed by atoms with Crippen LogP contribution in [0.3, 0.4) is 0 Å². The van der Waals surface area contributed by atoms with Crippen LogP contribution in [0.1, 0.15) is 59.6 Å². The fraction of sp³-hybridized carbons (Fsp3) is 0.321. The van der Waals surface area contributed by atoms with Crippen LogP contribution in [0.25, 0.3) is 11.6 Å². The summed E-state index contributed by atoms with van der Waals surface area (Å²) in [7, 11) is 0. The van der Waals surface area contributed by atoms with Gasteiger partial charge in [-0.15, -0.1) is 0 Å². The average Bonchev–Trinajstić information content (AvgIpc) is 2.70. The number of nitrogens with zero attached hydrogens (tertiary/aromatic N) is 1. The van der Waals surface area contributed by atoms with Crippen LogP contribution in [0.4, 0.5) is 0 Å². The maximum atomic E-state index is 6.41. The Kier molecular flexibility index (Phi) is 9.34. The van der Waals surface area contributed by atoms with Crippen LogP contribution in [0.15, 0.2) is 71.4 Å². The first kappa shape index (κ1) is 25.5. The van der Waals surface area contributed by atoms with E-state index in [-0.39, 0.29) is 11.7 Å². The molecule has 0 aromatic heterocycles. The molecule has 2 aromatic carbocycles. The molecule has 0 aliphatic heterocycles. The Labute approximate surface area is 198 Å². The molecule has 3 nitrogen and oxygen atoms in total. The fourth-order valence-corrected chi connectivity index (χ4v) is 3.29. The molecule has 0 unspecified atom stereocenters. The summed E-state index contributed by atoms with van der Waals surface area (Å²) in [6.45, 7) is 14.2. The average molecular weight is 452 g/mol. The molecule has 0 aliphatic rings. The van der Waals surface area contributed by atoms with Gasteiger partial charge in [-0.25, -0.2) is 0 Å². The lowest BCUT2D eigenvalue weighted by Crippen LogP contribution is -2.22. The zero-order valence-corrected chi connectivity index (χ0v) is 20.9. The Morgan fingerprint density at radius 3 is 2.31 bits per heavy atom. The summed E-state index contributed by atoms with van der Waals surface area (Å²) in [5.41, 5.74) is 4.11. The van der Waals surface area contributed by atoms with Crippen molar-refractivity contribution in [1.29, 1.82) is 0 Å². The second-order valence-electron chi connectivity index (χ2n) is 8.76. The quantitative estimate of drug-likeness (QED) is 0.298. The first-order chi connectivity index (χ1) is 15.1. The van der Waals surface area contributed by atoms with Crippen molar-refractivity contribution in [2.45, 2.75) is 60.2 Å². The number of halogens is 1. The molecule has 2 aromatic rings. The number of allylic oxidation sites excluding steroid dienone is 4. The molecule has 0 N–H and O–H groups in total. The largest absolute Gasteiger partial charge is 0.489 e. The normalized spacial score (nSPS) is 13.4. The van der Waals surface area contributed by atoms with Crippen molar-refractivity contribution in [3.05, 3.63) is 82.5 Å². The molecule has 0 amide bonds. The van der Waals surface area contributed by atoms with Crippen LogP contribution in [0, 0.1) is 0 Å². The molecule has 0 heterocycles. The van der Waals surface area contributed by atoms with E-state index in [1.165, 1.54) is 0 Å². The Hall–Kier alpha value is -2.78. The summed E-state index contributed by atoms with van der Waals surface area (Å²) < 4.78 is 11.6. The summed E-state index contributed by atoms with van der Waals surface area (Å²) >= 11 is 6.41. The van der Waals surface area contributed by atoms with Gasteiger partial charge in [-0.1, -0.05) is 35.9 Å². The predicted octanol–water partition coefficient (Wildman–Crippen LogP) is 8.40. The van der Waals surface area contributed by atoms with Crippen LogP contribution >= 0.6 is 11.6 Å². The maximum absolute atomic E-state index is 6.41. The molecule has 32 heavy (non-hydrogen) atoms. The van der Waals surface area contributed by atoms with Crippen molar-refractivity contribution in [1.82, 2.24) is 0 Å². The minimum atomic E-state index is -0.202. The second kappa shape index (κ2) is 11.7. The number of benzene rings is 2. The topological polar surface area (TPSA) is 30.8 Å². The van der Waals surface area contributed by atoms with Crippen LogP contribution in [0.2, 0.25) is 5.02 Å². The van der Waals surface area contributed by atoms with Gasteiger partial charge < -0.3 is 9.47 Å². The Morgan fingerprint density at radius 2 is 1.75 bits per heavy atom. The molecule has 4 heteroatoms. The van der Waals surface area contributed by atoms with Crippen molar-refractivity contribution in [3.63, 3.8) is 0 Å². The first-order valence-electron chi connectivity index (χ1n) is 10.9. The van der Waals surface area contributed by atoms with Crippen LogP contribution < -0.4 is 9.47 Å². The molecule has 2 rings (SSSR count). The van der Waals surface area contributed by atoms with Crippen LogP contribution in [-0.4, -0.2) is 17.9 Å². The van der Waals surface area contributed by atoms with E-state index in [0.29, 0.717) is 10.8 Å². The van der Waals surface area contributed by atoms with Gasteiger partial charge in [0.05, 0.1) is 11.1 Å². The van der Waals surface area contributed by atoms with E-state index in [1.54, 1.807) is 12.4 Å². The van der Waals surface area contributed by atoms with E-state index in [4.69, 9.17) is 21.1 Å². The molecule has 0 bridgehead atoms. The minimum Gasteiger partial charge on any atom is -0.489 e. The smallest absolute Gasteiger partial charge is 0.138 e. The van der Waals surface area contributed by atoms with Crippen molar-refractivity contribution >= 4 is 29.5 Å². The summed E-state index contributed by atoms with van der Waals surface area (Å²) in [6.07, 6.45) is 9.69. The van der Waals surface area contributed by atoms with Crippen molar-refractivity contribution in [3.8, 4) is 11.5 Å². The van der Waals surface area contributed by atoms with Crippen molar-refractivity contribution in [2.24, 2.45) is 4.99 Å². The maximum Gasteiger partial charge on any atom is 0.138 e. The van der Waals surface area contributed by atoms with E-state index in [0.717, 1.165) is 28.0 Å². The third-order valence-corrected chi connectivity index (χ3v) is 4.68. The van der Waals surface area contributed by atoms with Gasteiger partial charge in [0.15, 0.2) is 0 Å². The summed E-state index contributed by atoms with van der Waals surface area (Å²) in [6, 6.07) is 13.9. The molecule has 0 aliphatic carbocycles. The molecular weight excluding hydrogens is 418 g/mol. The first-order valence-corrected chi connectivity index (χ1v) is 11.3. The molecule has 0 fully saturated rings. The highest BCUT2D eigenvalue weighted by atomic mass is 35.5. The van der Waals surface area contributed by atoms with Gasteiger partial charge in [0.1, 0.15) is 17.1 Å². The summed E-state index contributed by atoms with van der Waals surface area (Å²) in [5, 5.41) is 0.610. The lowest BCUT2D eigenvalue weighted by molar-refractivity contribution is 0.131. The number of hydrogen-bond acceptors (Lipinski definition) is 3. The summed E-state index contributed by atoms with van der Waals surface area (Å²) in [4.78, 5) is 4.38. The van der Waals surface area contributed by atoms with Gasteiger partial charge in [-0.2, -0.15) is 0 Å². The Balaban J connectivity index is 2.03. The lowest BCUT2D eigenvalue weighted by Gasteiger charge is -2.21. The third-order valence-electron chi connectivity index (χ3n) is 4.39. The highest BCUT2D eigenvalue weighted by Crippen LogP contribution is 2.31.